The van der Waals surface area contributed by atoms with Gasteiger partial charge in [-0.25, -0.2) is 0 Å². The van der Waals surface area contributed by atoms with Crippen LogP contribution < -0.4 is 0 Å². The van der Waals surface area contributed by atoms with Crippen molar-refractivity contribution in [1.29, 1.82) is 0 Å². The Kier molecular flexibility index (Phi) is 94.0. The van der Waals surface area contributed by atoms with Gasteiger partial charge in [-0.1, -0.05) is 351 Å². The molecule has 0 heterocycles. The summed E-state index contributed by atoms with van der Waals surface area (Å²) in [5.41, 5.74) is 0. The number of rotatable bonds is 96. The molecule has 116 heavy (non-hydrogen) atoms. The van der Waals surface area contributed by atoms with Gasteiger partial charge in [0.1, 0.15) is 12.6 Å². The van der Waals surface area contributed by atoms with Gasteiger partial charge in [-0.15, -0.1) is 0 Å². The molecule has 0 aromatic heterocycles. The molecule has 696 valence electrons. The van der Waals surface area contributed by atoms with Crippen LogP contribution in [0.4, 0.5) is 0 Å². The molecule has 0 rings (SSSR count). The lowest BCUT2D eigenvalue weighted by molar-refractivity contribution is -0.150. The van der Waals surface area contributed by atoms with Crippen LogP contribution in [0.5, 0.6) is 0 Å². The van der Waals surface area contributed by atoms with Crippen LogP contribution in [0.1, 0.15) is 492 Å². The Bertz CT molecular complexity index is 1800. The Morgan fingerprint density at radius 3 is 0.698 bits per heavy atom. The molecule has 16 heteroatoms. The van der Waals surface area contributed by atoms with Gasteiger partial charge in [0.25, 0.3) is 0 Å². The van der Waals surface area contributed by atoms with Crippen molar-refractivity contribution in [3.63, 3.8) is 0 Å². The zero-order valence-corrected chi connectivity index (χ0v) is 82.2. The van der Waals surface area contributed by atoms with Crippen molar-refractivity contribution in [3.05, 3.63) is 0 Å². The summed E-state index contributed by atoms with van der Waals surface area (Å²) in [4.78, 5) is 31.2. The second kappa shape index (κ2) is 93.1. The highest BCUT2D eigenvalue weighted by atomic mass is 28.4. The van der Waals surface area contributed by atoms with Crippen molar-refractivity contribution in [2.75, 3.05) is 92.1 Å². The number of nitrogens with zero attached hydrogens (tertiary/aromatic N) is 2. The van der Waals surface area contributed by atoms with Crippen LogP contribution in [-0.2, 0) is 46.2 Å². The van der Waals surface area contributed by atoms with Gasteiger partial charge in [-0.05, 0) is 207 Å². The smallest absolute Gasteiger partial charge is 0.333 e. The minimum Gasteiger partial charge on any atom is -0.465 e. The SMILES string of the molecule is CCCCCCCCO[Si](C)(C)OC(CCCCCCC)OCCCCCCN(CCCCO)CCCCCCOC(=O)C(CCCCCC)CCCCCCCC.CCCCCCCCO[Si](C)(C)OC(CCCCCCC)OCCCCCCN(CCCCO)CCCCCCOC(=O)C(CCCCCC)CCCCCCCC. The van der Waals surface area contributed by atoms with E-state index in [0.717, 1.165) is 220 Å². The molecule has 0 aliphatic carbocycles. The van der Waals surface area contributed by atoms with Gasteiger partial charge in [-0.2, -0.15) is 0 Å². The lowest BCUT2D eigenvalue weighted by Crippen LogP contribution is -2.40. The third-order valence-electron chi connectivity index (χ3n) is 23.4. The number of hydrogen-bond donors (Lipinski definition) is 2. The molecule has 0 aliphatic rings. The summed E-state index contributed by atoms with van der Waals surface area (Å²) < 4.78 is 50.3. The monoisotopic (exact) mass is 1680 g/mol. The fraction of sp³-hybridized carbons (Fsp3) is 0.980. The van der Waals surface area contributed by atoms with Gasteiger partial charge >= 0.3 is 29.1 Å². The zero-order chi connectivity index (χ0) is 85.3. The molecule has 0 aliphatic heterocycles. The van der Waals surface area contributed by atoms with Crippen LogP contribution in [0.3, 0.4) is 0 Å². The first kappa shape index (κ1) is 117. The van der Waals surface area contributed by atoms with Gasteiger partial charge < -0.3 is 56.7 Å². The van der Waals surface area contributed by atoms with Crippen LogP contribution in [0, 0.1) is 11.8 Å². The third kappa shape index (κ3) is 85.2. The highest BCUT2D eigenvalue weighted by molar-refractivity contribution is 6.64. The van der Waals surface area contributed by atoms with Crippen molar-refractivity contribution < 1.29 is 56.5 Å². The quantitative estimate of drug-likeness (QED) is 0.0257. The number of esters is 2. The van der Waals surface area contributed by atoms with E-state index >= 15 is 0 Å². The number of carbonyl (C=O) groups is 2. The average Bonchev–Trinajstić information content (AvgIpc) is 0.905. The van der Waals surface area contributed by atoms with E-state index in [4.69, 9.17) is 36.7 Å². The summed E-state index contributed by atoms with van der Waals surface area (Å²) in [7, 11) is -4.47. The number of aliphatic hydroxyl groups is 2. The van der Waals surface area contributed by atoms with Gasteiger partial charge in [-0.3, -0.25) is 9.59 Å². The first-order valence-electron chi connectivity index (χ1n) is 51.5. The molecule has 0 amide bonds. The van der Waals surface area contributed by atoms with E-state index in [1.807, 2.05) is 0 Å². The molecule has 0 spiro atoms. The highest BCUT2D eigenvalue weighted by Crippen LogP contribution is 2.26. The van der Waals surface area contributed by atoms with Gasteiger partial charge in [0.2, 0.25) is 0 Å². The van der Waals surface area contributed by atoms with Crippen LogP contribution in [0.2, 0.25) is 26.2 Å². The molecular formula is C100H206N2O12Si2. The molecule has 0 bridgehead atoms. The predicted molar refractivity (Wildman–Crippen MR) is 504 cm³/mol. The van der Waals surface area contributed by atoms with E-state index in [2.05, 4.69) is 91.4 Å². The van der Waals surface area contributed by atoms with E-state index in [0.29, 0.717) is 13.2 Å². The molecule has 0 saturated heterocycles. The minimum atomic E-state index is -2.24. The molecule has 0 fully saturated rings. The molecule has 14 nitrogen and oxygen atoms in total. The molecule has 0 aromatic carbocycles. The Labute approximate surface area is 725 Å². The van der Waals surface area contributed by atoms with Crippen molar-refractivity contribution in [1.82, 2.24) is 9.80 Å². The Morgan fingerprint density at radius 2 is 0.440 bits per heavy atom. The van der Waals surface area contributed by atoms with E-state index in [-0.39, 0.29) is 49.6 Å². The molecule has 4 atom stereocenters. The second-order valence-electron chi connectivity index (χ2n) is 36.0. The Balaban J connectivity index is 0. The summed E-state index contributed by atoms with van der Waals surface area (Å²) >= 11 is 0. The first-order chi connectivity index (χ1) is 56.7. The van der Waals surface area contributed by atoms with Gasteiger partial charge in [0, 0.05) is 39.6 Å². The molecular weight excluding hydrogens is 1480 g/mol. The summed E-state index contributed by atoms with van der Waals surface area (Å²) in [5.74, 6) is 0.314. The van der Waals surface area contributed by atoms with Gasteiger partial charge in [0.05, 0.1) is 25.0 Å². The number of hydrogen-bond acceptors (Lipinski definition) is 14. The van der Waals surface area contributed by atoms with Crippen LogP contribution in [0.15, 0.2) is 0 Å². The summed E-state index contributed by atoms with van der Waals surface area (Å²) in [6.07, 6.45) is 80.6. The lowest BCUT2D eigenvalue weighted by Gasteiger charge is -2.29. The average molecular weight is 1680 g/mol. The summed E-state index contributed by atoms with van der Waals surface area (Å²) in [5, 5.41) is 18.8. The number of aliphatic hydroxyl groups excluding tert-OH is 2. The number of unbranched alkanes of at least 4 members (excludes halogenated alkanes) is 48. The Hall–Kier alpha value is -1.03. The summed E-state index contributed by atoms with van der Waals surface area (Å²) in [6, 6.07) is 0. The maximum atomic E-state index is 13.0. The fourth-order valence-electron chi connectivity index (χ4n) is 15.8. The van der Waals surface area contributed by atoms with E-state index in [9.17, 15) is 19.8 Å². The van der Waals surface area contributed by atoms with Crippen molar-refractivity contribution in [3.8, 4) is 0 Å². The van der Waals surface area contributed by atoms with Gasteiger partial charge in [0.15, 0.2) is 0 Å². The Morgan fingerprint density at radius 1 is 0.241 bits per heavy atom. The predicted octanol–water partition coefficient (Wildman–Crippen LogP) is 29.7. The maximum absolute atomic E-state index is 13.0. The van der Waals surface area contributed by atoms with Crippen LogP contribution >= 0.6 is 0 Å². The first-order valence-corrected chi connectivity index (χ1v) is 57.2. The van der Waals surface area contributed by atoms with Crippen LogP contribution in [-0.4, -0.2) is 154 Å². The molecule has 0 aromatic rings. The molecule has 4 unspecified atom stereocenters. The van der Waals surface area contributed by atoms with E-state index in [1.54, 1.807) is 0 Å². The van der Waals surface area contributed by atoms with E-state index in [1.165, 1.54) is 283 Å². The molecule has 0 saturated carbocycles. The third-order valence-corrected chi connectivity index (χ3v) is 26.9. The lowest BCUT2D eigenvalue weighted by atomic mass is 9.94. The van der Waals surface area contributed by atoms with Crippen molar-refractivity contribution in [2.45, 2.75) is 531 Å². The van der Waals surface area contributed by atoms with Crippen molar-refractivity contribution in [2.24, 2.45) is 11.8 Å². The second-order valence-corrected chi connectivity index (χ2v) is 42.7. The highest BCUT2D eigenvalue weighted by Gasteiger charge is 2.31. The van der Waals surface area contributed by atoms with E-state index < -0.39 is 17.1 Å². The summed E-state index contributed by atoms with van der Waals surface area (Å²) in [6.45, 7) is 38.3. The van der Waals surface area contributed by atoms with Crippen LogP contribution in [0.25, 0.3) is 0 Å². The van der Waals surface area contributed by atoms with Crippen molar-refractivity contribution >= 4 is 29.1 Å². The standard InChI is InChI=1S/2C50H103NO6Si/c2*1-7-11-15-19-22-29-39-48(38-28-18-14-10-4)50(53)55-46-36-27-24-32-42-51(43-33-34-44-52)41-31-23-26-35-45-54-49(40-30-21-17-13-9-3)57-58(5,6)56-47-37-25-20-16-12-8-2/h2*48-49,52H,7-47H2,1-6H3. The molecule has 0 radical (unpaired) electrons. The number of ether oxygens (including phenoxy) is 4. The maximum Gasteiger partial charge on any atom is 0.333 e. The topological polar surface area (TPSA) is 155 Å². The minimum absolute atomic E-state index is 0.0620. The fourth-order valence-corrected chi connectivity index (χ4v) is 18.8. The number of carbonyl (C=O) groups excluding carboxylic acids is 2. The zero-order valence-electron chi connectivity index (χ0n) is 80.2. The normalized spacial score (nSPS) is 13.1. The largest absolute Gasteiger partial charge is 0.465 e. The molecule has 2 N–H and O–H groups in total.